The Morgan fingerprint density at radius 2 is 1.91 bits per heavy atom. The number of rotatable bonds is 9. The van der Waals surface area contributed by atoms with Gasteiger partial charge < -0.3 is 20.1 Å². The number of hydrogen-bond donors (Lipinski definition) is 2. The second kappa shape index (κ2) is 11.5. The first kappa shape index (κ1) is 25.1. The minimum Gasteiger partial charge on any atom is -0.481 e. The number of hydrogen-bond acceptors (Lipinski definition) is 7. The van der Waals surface area contributed by atoms with Gasteiger partial charge in [-0.1, -0.05) is 34.2 Å². The van der Waals surface area contributed by atoms with Crippen molar-refractivity contribution in [1.82, 2.24) is 5.32 Å². The van der Waals surface area contributed by atoms with Crippen molar-refractivity contribution in [2.45, 2.75) is 37.1 Å². The van der Waals surface area contributed by atoms with Gasteiger partial charge in [0.1, 0.15) is 18.2 Å². The van der Waals surface area contributed by atoms with Crippen LogP contribution in [0.15, 0.2) is 45.8 Å². The van der Waals surface area contributed by atoms with E-state index in [1.807, 2.05) is 0 Å². The molecule has 2 N–H and O–H groups in total. The first-order valence-corrected chi connectivity index (χ1v) is 13.0. The standard InChI is InChI=1S/C24H27BrN2O5S/c1-17-14-18(25)15-22(24(28)31-2)23(17)27-16-33(29,30)21-10-8-20(9-11-21)32-13-4-3-12-26-19-6-5-7-19/h8-11,14-15,19,26-27H,5-7,12-13,16H2,1-2H3. The SMILES string of the molecule is COC(=O)c1cc(Br)cc(C)c1NCS(=O)(=O)c1ccc(OCC#CCNC2CCC2)cc1. The summed E-state index contributed by atoms with van der Waals surface area (Å²) in [4.78, 5) is 12.2. The molecule has 176 valence electrons. The quantitative estimate of drug-likeness (QED) is 0.372. The number of benzene rings is 2. The van der Waals surface area contributed by atoms with Crippen LogP contribution < -0.4 is 15.4 Å². The van der Waals surface area contributed by atoms with Crippen LogP contribution in [-0.2, 0) is 14.6 Å². The van der Waals surface area contributed by atoms with Gasteiger partial charge in [-0.15, -0.1) is 0 Å². The summed E-state index contributed by atoms with van der Waals surface area (Å²) in [6.07, 6.45) is 3.73. The van der Waals surface area contributed by atoms with Crippen LogP contribution in [0.4, 0.5) is 5.69 Å². The molecule has 2 aromatic rings. The molecule has 0 amide bonds. The molecule has 3 rings (SSSR count). The Morgan fingerprint density at radius 1 is 1.18 bits per heavy atom. The fourth-order valence-electron chi connectivity index (χ4n) is 3.28. The first-order valence-electron chi connectivity index (χ1n) is 10.6. The maximum atomic E-state index is 12.8. The van der Waals surface area contributed by atoms with E-state index in [1.165, 1.54) is 38.5 Å². The monoisotopic (exact) mass is 534 g/mol. The Kier molecular flexibility index (Phi) is 8.78. The van der Waals surface area contributed by atoms with E-state index in [0.717, 1.165) is 0 Å². The molecule has 0 aromatic heterocycles. The molecule has 1 aliphatic rings. The number of aryl methyl sites for hydroxylation is 1. The van der Waals surface area contributed by atoms with Gasteiger partial charge in [0.25, 0.3) is 0 Å². The summed E-state index contributed by atoms with van der Waals surface area (Å²) < 4.78 is 36.7. The van der Waals surface area contributed by atoms with Crippen molar-refractivity contribution >= 4 is 37.4 Å². The number of esters is 1. The number of carbonyl (C=O) groups excluding carboxylic acids is 1. The Balaban J connectivity index is 1.57. The summed E-state index contributed by atoms with van der Waals surface area (Å²) in [7, 11) is -2.38. The first-order chi connectivity index (χ1) is 15.8. The topological polar surface area (TPSA) is 93.7 Å². The molecule has 1 aliphatic carbocycles. The number of sulfone groups is 1. The summed E-state index contributed by atoms with van der Waals surface area (Å²) in [6, 6.07) is 10.2. The van der Waals surface area contributed by atoms with Gasteiger partial charge in [-0.3, -0.25) is 0 Å². The van der Waals surface area contributed by atoms with E-state index in [4.69, 9.17) is 9.47 Å². The molecule has 0 spiro atoms. The van der Waals surface area contributed by atoms with Crippen molar-refractivity contribution in [3.8, 4) is 17.6 Å². The molecular weight excluding hydrogens is 508 g/mol. The largest absolute Gasteiger partial charge is 0.481 e. The van der Waals surface area contributed by atoms with Crippen LogP contribution in [-0.4, -0.2) is 46.6 Å². The highest BCUT2D eigenvalue weighted by molar-refractivity contribution is 9.10. The van der Waals surface area contributed by atoms with Crippen LogP contribution >= 0.6 is 15.9 Å². The highest BCUT2D eigenvalue weighted by Crippen LogP contribution is 2.27. The van der Waals surface area contributed by atoms with E-state index < -0.39 is 15.8 Å². The summed E-state index contributed by atoms with van der Waals surface area (Å²) in [5.74, 6) is 5.58. The highest BCUT2D eigenvalue weighted by atomic mass is 79.9. The zero-order chi connectivity index (χ0) is 23.8. The second-order valence-corrected chi connectivity index (χ2v) is 10.6. The van der Waals surface area contributed by atoms with Crippen LogP contribution in [0, 0.1) is 18.8 Å². The molecule has 0 saturated heterocycles. The Morgan fingerprint density at radius 3 is 2.55 bits per heavy atom. The van der Waals surface area contributed by atoms with Gasteiger partial charge >= 0.3 is 5.97 Å². The second-order valence-electron chi connectivity index (χ2n) is 7.70. The van der Waals surface area contributed by atoms with Crippen molar-refractivity contribution in [3.05, 3.63) is 52.0 Å². The molecule has 0 aliphatic heterocycles. The van der Waals surface area contributed by atoms with Crippen LogP contribution in [0.3, 0.4) is 0 Å². The van der Waals surface area contributed by atoms with E-state index in [1.54, 1.807) is 31.2 Å². The molecule has 7 nitrogen and oxygen atoms in total. The van der Waals surface area contributed by atoms with E-state index in [2.05, 4.69) is 38.4 Å². The molecule has 33 heavy (non-hydrogen) atoms. The molecule has 0 radical (unpaired) electrons. The third-order valence-corrected chi connectivity index (χ3v) is 7.32. The van der Waals surface area contributed by atoms with E-state index in [-0.39, 0.29) is 22.9 Å². The minimum atomic E-state index is -3.66. The molecule has 1 fully saturated rings. The lowest BCUT2D eigenvalue weighted by Gasteiger charge is -2.25. The predicted molar refractivity (Wildman–Crippen MR) is 131 cm³/mol. The van der Waals surface area contributed by atoms with E-state index in [0.29, 0.717) is 34.1 Å². The van der Waals surface area contributed by atoms with Crippen LogP contribution in [0.2, 0.25) is 0 Å². The number of nitrogens with one attached hydrogen (secondary N) is 2. The van der Waals surface area contributed by atoms with Crippen molar-refractivity contribution in [3.63, 3.8) is 0 Å². The van der Waals surface area contributed by atoms with Gasteiger partial charge in [-0.2, -0.15) is 0 Å². The molecule has 2 aromatic carbocycles. The fourth-order valence-corrected chi connectivity index (χ4v) is 4.91. The van der Waals surface area contributed by atoms with Crippen molar-refractivity contribution < 1.29 is 22.7 Å². The van der Waals surface area contributed by atoms with Gasteiger partial charge in [0.05, 0.1) is 29.8 Å². The number of ether oxygens (including phenoxy) is 2. The van der Waals surface area contributed by atoms with Crippen LogP contribution in [0.25, 0.3) is 0 Å². The lowest BCUT2D eigenvalue weighted by molar-refractivity contribution is 0.0601. The third kappa shape index (κ3) is 6.97. The van der Waals surface area contributed by atoms with Crippen LogP contribution in [0.1, 0.15) is 35.2 Å². The molecule has 0 bridgehead atoms. The Bertz CT molecular complexity index is 1150. The van der Waals surface area contributed by atoms with Crippen molar-refractivity contribution in [2.24, 2.45) is 0 Å². The van der Waals surface area contributed by atoms with E-state index in [9.17, 15) is 13.2 Å². The normalized spacial score (nSPS) is 13.4. The average molecular weight is 535 g/mol. The number of methoxy groups -OCH3 is 1. The number of anilines is 1. The molecule has 9 heteroatoms. The van der Waals surface area contributed by atoms with Crippen molar-refractivity contribution in [2.75, 3.05) is 31.5 Å². The summed E-state index contributed by atoms with van der Waals surface area (Å²) in [5.41, 5.74) is 1.39. The molecular formula is C24H27BrN2O5S. The summed E-state index contributed by atoms with van der Waals surface area (Å²) >= 11 is 3.34. The zero-order valence-electron chi connectivity index (χ0n) is 18.6. The number of halogens is 1. The molecule has 1 saturated carbocycles. The lowest BCUT2D eigenvalue weighted by Crippen LogP contribution is -2.35. The Labute approximate surface area is 203 Å². The van der Waals surface area contributed by atoms with Gasteiger partial charge in [-0.05, 0) is 61.7 Å². The maximum absolute atomic E-state index is 12.8. The Hall–Kier alpha value is -2.54. The van der Waals surface area contributed by atoms with E-state index >= 15 is 0 Å². The maximum Gasteiger partial charge on any atom is 0.340 e. The predicted octanol–water partition coefficient (Wildman–Crippen LogP) is 3.91. The lowest BCUT2D eigenvalue weighted by atomic mass is 9.93. The fraction of sp³-hybridized carbons (Fsp3) is 0.375. The van der Waals surface area contributed by atoms with Gasteiger partial charge in [0.15, 0.2) is 9.84 Å². The van der Waals surface area contributed by atoms with Gasteiger partial charge in [0.2, 0.25) is 0 Å². The smallest absolute Gasteiger partial charge is 0.340 e. The summed E-state index contributed by atoms with van der Waals surface area (Å²) in [5, 5.41) is 6.24. The minimum absolute atomic E-state index is 0.146. The number of carbonyl (C=O) groups is 1. The molecule has 0 unspecified atom stereocenters. The van der Waals surface area contributed by atoms with Crippen molar-refractivity contribution in [1.29, 1.82) is 0 Å². The zero-order valence-corrected chi connectivity index (χ0v) is 21.0. The van der Waals surface area contributed by atoms with Gasteiger partial charge in [-0.25, -0.2) is 13.2 Å². The molecule has 0 heterocycles. The van der Waals surface area contributed by atoms with Gasteiger partial charge in [0, 0.05) is 10.5 Å². The third-order valence-electron chi connectivity index (χ3n) is 5.35. The van der Waals surface area contributed by atoms with Crippen LogP contribution in [0.5, 0.6) is 5.75 Å². The average Bonchev–Trinajstić information content (AvgIpc) is 2.76. The summed E-state index contributed by atoms with van der Waals surface area (Å²) in [6.45, 7) is 2.66. The highest BCUT2D eigenvalue weighted by Gasteiger charge is 2.19. The molecule has 0 atom stereocenters.